The van der Waals surface area contributed by atoms with Gasteiger partial charge >= 0.3 is 6.18 Å². The normalized spacial score (nSPS) is 26.5. The summed E-state index contributed by atoms with van der Waals surface area (Å²) in [6.07, 6.45) is -2.62. The SMILES string of the molecule is Cc1cn2c(n1)C(N)CC(C(F)(F)F)C2. The van der Waals surface area contributed by atoms with Crippen molar-refractivity contribution in [2.75, 3.05) is 0 Å². The van der Waals surface area contributed by atoms with Gasteiger partial charge in [-0.3, -0.25) is 0 Å². The van der Waals surface area contributed by atoms with Gasteiger partial charge in [0.25, 0.3) is 0 Å². The monoisotopic (exact) mass is 219 g/mol. The smallest absolute Gasteiger partial charge is 0.333 e. The zero-order chi connectivity index (χ0) is 11.2. The lowest BCUT2D eigenvalue weighted by Crippen LogP contribution is -2.36. The van der Waals surface area contributed by atoms with Gasteiger partial charge in [-0.15, -0.1) is 0 Å². The second kappa shape index (κ2) is 3.23. The minimum atomic E-state index is -4.17. The number of nitrogens with two attached hydrogens (primary N) is 1. The summed E-state index contributed by atoms with van der Waals surface area (Å²) in [5, 5.41) is 0. The van der Waals surface area contributed by atoms with Gasteiger partial charge in [-0.2, -0.15) is 13.2 Å². The third kappa shape index (κ3) is 1.86. The molecule has 0 fully saturated rings. The van der Waals surface area contributed by atoms with E-state index in [0.717, 1.165) is 0 Å². The molecule has 2 unspecified atom stereocenters. The molecule has 0 radical (unpaired) electrons. The zero-order valence-corrected chi connectivity index (χ0v) is 8.25. The van der Waals surface area contributed by atoms with E-state index in [2.05, 4.69) is 4.98 Å². The molecule has 1 aromatic rings. The number of aryl methyl sites for hydroxylation is 1. The molecule has 0 aliphatic carbocycles. The topological polar surface area (TPSA) is 43.8 Å². The Hall–Kier alpha value is -1.04. The Bertz CT molecular complexity index is 369. The molecule has 1 aliphatic rings. The van der Waals surface area contributed by atoms with Crippen molar-refractivity contribution in [3.8, 4) is 0 Å². The summed E-state index contributed by atoms with van der Waals surface area (Å²) in [6, 6.07) is -0.612. The molecule has 6 heteroatoms. The van der Waals surface area contributed by atoms with E-state index in [4.69, 9.17) is 5.73 Å². The number of imidazole rings is 1. The highest BCUT2D eigenvalue weighted by Gasteiger charge is 2.43. The van der Waals surface area contributed by atoms with Crippen LogP contribution in [0.25, 0.3) is 0 Å². The molecule has 0 aromatic carbocycles. The minimum Gasteiger partial charge on any atom is -0.333 e. The van der Waals surface area contributed by atoms with Gasteiger partial charge in [0.2, 0.25) is 0 Å². The van der Waals surface area contributed by atoms with Gasteiger partial charge < -0.3 is 10.3 Å². The van der Waals surface area contributed by atoms with Gasteiger partial charge in [-0.1, -0.05) is 0 Å². The molecule has 2 atom stereocenters. The maximum absolute atomic E-state index is 12.5. The number of hydrogen-bond acceptors (Lipinski definition) is 2. The molecular weight excluding hydrogens is 207 g/mol. The lowest BCUT2D eigenvalue weighted by Gasteiger charge is -2.29. The van der Waals surface area contributed by atoms with Crippen molar-refractivity contribution in [1.29, 1.82) is 0 Å². The maximum atomic E-state index is 12.5. The van der Waals surface area contributed by atoms with Crippen LogP contribution in [0.2, 0.25) is 0 Å². The van der Waals surface area contributed by atoms with E-state index >= 15 is 0 Å². The van der Waals surface area contributed by atoms with Crippen molar-refractivity contribution < 1.29 is 13.2 Å². The maximum Gasteiger partial charge on any atom is 0.393 e. The van der Waals surface area contributed by atoms with Crippen molar-refractivity contribution in [3.05, 3.63) is 17.7 Å². The summed E-state index contributed by atoms with van der Waals surface area (Å²) in [7, 11) is 0. The fourth-order valence-electron chi connectivity index (χ4n) is 1.97. The zero-order valence-electron chi connectivity index (χ0n) is 8.25. The molecule has 2 rings (SSSR count). The van der Waals surface area contributed by atoms with Crippen LogP contribution in [0.3, 0.4) is 0 Å². The average molecular weight is 219 g/mol. The molecular formula is C9H12F3N3. The number of nitrogens with zero attached hydrogens (tertiary/aromatic N) is 2. The predicted molar refractivity (Wildman–Crippen MR) is 48.1 cm³/mol. The first-order valence-corrected chi connectivity index (χ1v) is 4.74. The molecule has 1 aliphatic heterocycles. The number of fused-ring (bicyclic) bond motifs is 1. The molecule has 0 amide bonds. The van der Waals surface area contributed by atoms with E-state index in [0.29, 0.717) is 11.5 Å². The molecule has 2 heterocycles. The fourth-order valence-corrected chi connectivity index (χ4v) is 1.97. The van der Waals surface area contributed by atoms with Crippen molar-refractivity contribution in [2.24, 2.45) is 11.7 Å². The largest absolute Gasteiger partial charge is 0.393 e. The number of rotatable bonds is 0. The van der Waals surface area contributed by atoms with Gasteiger partial charge in [0.1, 0.15) is 5.82 Å². The van der Waals surface area contributed by atoms with Gasteiger partial charge in [0.05, 0.1) is 17.7 Å². The minimum absolute atomic E-state index is 0.0621. The summed E-state index contributed by atoms with van der Waals surface area (Å²) in [6.45, 7) is 1.69. The number of alkyl halides is 3. The van der Waals surface area contributed by atoms with Gasteiger partial charge in [-0.25, -0.2) is 4.98 Å². The Balaban J connectivity index is 2.30. The molecule has 0 bridgehead atoms. The summed E-state index contributed by atoms with van der Waals surface area (Å²) >= 11 is 0. The third-order valence-corrected chi connectivity index (χ3v) is 2.68. The second-order valence-electron chi connectivity index (χ2n) is 3.97. The van der Waals surface area contributed by atoms with Crippen molar-refractivity contribution >= 4 is 0 Å². The van der Waals surface area contributed by atoms with E-state index in [1.807, 2.05) is 0 Å². The highest BCUT2D eigenvalue weighted by Crippen LogP contribution is 2.37. The van der Waals surface area contributed by atoms with E-state index in [-0.39, 0.29) is 13.0 Å². The Labute approximate surface area is 85.1 Å². The lowest BCUT2D eigenvalue weighted by molar-refractivity contribution is -0.184. The average Bonchev–Trinajstić information content (AvgIpc) is 2.44. The quantitative estimate of drug-likeness (QED) is 0.722. The Morgan fingerprint density at radius 3 is 2.80 bits per heavy atom. The summed E-state index contributed by atoms with van der Waals surface area (Å²) < 4.78 is 39.1. The van der Waals surface area contributed by atoms with E-state index in [1.165, 1.54) is 4.57 Å². The molecule has 0 saturated heterocycles. The van der Waals surface area contributed by atoms with Crippen molar-refractivity contribution in [3.63, 3.8) is 0 Å². The summed E-state index contributed by atoms with van der Waals surface area (Å²) in [5.74, 6) is -0.790. The van der Waals surface area contributed by atoms with Crippen LogP contribution in [0.5, 0.6) is 0 Å². The molecule has 84 valence electrons. The van der Waals surface area contributed by atoms with Crippen LogP contribution in [0.4, 0.5) is 13.2 Å². The number of aromatic nitrogens is 2. The molecule has 0 saturated carbocycles. The Morgan fingerprint density at radius 1 is 1.53 bits per heavy atom. The molecule has 0 spiro atoms. The van der Waals surface area contributed by atoms with Gasteiger partial charge in [0, 0.05) is 12.7 Å². The highest BCUT2D eigenvalue weighted by atomic mass is 19.4. The van der Waals surface area contributed by atoms with Crippen molar-refractivity contribution in [2.45, 2.75) is 32.1 Å². The van der Waals surface area contributed by atoms with Crippen LogP contribution in [-0.2, 0) is 6.54 Å². The van der Waals surface area contributed by atoms with Gasteiger partial charge in [0.15, 0.2) is 0 Å². The highest BCUT2D eigenvalue weighted by molar-refractivity contribution is 5.09. The van der Waals surface area contributed by atoms with Crippen LogP contribution < -0.4 is 5.73 Å². The van der Waals surface area contributed by atoms with E-state index in [9.17, 15) is 13.2 Å². The van der Waals surface area contributed by atoms with Crippen LogP contribution in [0.15, 0.2) is 6.20 Å². The predicted octanol–water partition coefficient (Wildman–Crippen LogP) is 1.77. The first-order chi connectivity index (χ1) is 6.88. The van der Waals surface area contributed by atoms with Crippen molar-refractivity contribution in [1.82, 2.24) is 9.55 Å². The fraction of sp³-hybridized carbons (Fsp3) is 0.667. The molecule has 15 heavy (non-hydrogen) atoms. The Morgan fingerprint density at radius 2 is 2.20 bits per heavy atom. The second-order valence-corrected chi connectivity index (χ2v) is 3.97. The number of halogens is 3. The molecule has 3 nitrogen and oxygen atoms in total. The standard InChI is InChI=1S/C9H12F3N3/c1-5-3-15-4-6(9(10,11)12)2-7(13)8(15)14-5/h3,6-7H,2,4,13H2,1H3. The van der Waals surface area contributed by atoms with Gasteiger partial charge in [-0.05, 0) is 13.3 Å². The summed E-state index contributed by atoms with van der Waals surface area (Å²) in [4.78, 5) is 4.12. The molecule has 2 N–H and O–H groups in total. The van der Waals surface area contributed by atoms with Crippen LogP contribution in [0, 0.1) is 12.8 Å². The number of hydrogen-bond donors (Lipinski definition) is 1. The first-order valence-electron chi connectivity index (χ1n) is 4.74. The third-order valence-electron chi connectivity index (χ3n) is 2.68. The Kier molecular flexibility index (Phi) is 2.26. The van der Waals surface area contributed by atoms with E-state index in [1.54, 1.807) is 13.1 Å². The van der Waals surface area contributed by atoms with Crippen LogP contribution in [0.1, 0.15) is 24.0 Å². The van der Waals surface area contributed by atoms with E-state index < -0.39 is 18.1 Å². The molecule has 1 aromatic heterocycles. The first kappa shape index (κ1) is 10.5. The lowest BCUT2D eigenvalue weighted by atomic mass is 9.95. The van der Waals surface area contributed by atoms with Crippen LogP contribution >= 0.6 is 0 Å². The van der Waals surface area contributed by atoms with Crippen LogP contribution in [-0.4, -0.2) is 15.7 Å². The summed E-state index contributed by atoms with van der Waals surface area (Å²) in [5.41, 5.74) is 6.37.